The van der Waals surface area contributed by atoms with Crippen LogP contribution in [0, 0.1) is 5.82 Å². The second-order valence-corrected chi connectivity index (χ2v) is 4.06. The van der Waals surface area contributed by atoms with Gasteiger partial charge in [0.25, 0.3) is 0 Å². The van der Waals surface area contributed by atoms with Crippen LogP contribution in [0.15, 0.2) is 42.5 Å². The molecule has 0 fully saturated rings. The summed E-state index contributed by atoms with van der Waals surface area (Å²) in [4.78, 5) is 0. The van der Waals surface area contributed by atoms with Gasteiger partial charge in [-0.3, -0.25) is 0 Å². The molecule has 0 aliphatic rings. The summed E-state index contributed by atoms with van der Waals surface area (Å²) < 4.78 is 18.5. The van der Waals surface area contributed by atoms with E-state index in [1.807, 2.05) is 31.3 Å². The Balaban J connectivity index is 2.49. The first-order valence-corrected chi connectivity index (χ1v) is 5.82. The van der Waals surface area contributed by atoms with Crippen LogP contribution in [0.5, 0.6) is 5.75 Å². The molecule has 2 nitrogen and oxygen atoms in total. The zero-order valence-corrected chi connectivity index (χ0v) is 10.5. The fourth-order valence-electron chi connectivity index (χ4n) is 1.97. The Hall–Kier alpha value is -1.87. The molecule has 0 aliphatic heterocycles. The second kappa shape index (κ2) is 5.65. The van der Waals surface area contributed by atoms with Gasteiger partial charge in [0.2, 0.25) is 0 Å². The predicted molar refractivity (Wildman–Crippen MR) is 71.2 cm³/mol. The number of halogens is 1. The summed E-state index contributed by atoms with van der Waals surface area (Å²) in [5, 5.41) is 3.11. The standard InChI is InChI=1S/C15H16FNO/c1-17-10-12-9-14(18-2)6-7-15(12)11-4-3-5-13(16)8-11/h3-9,17H,10H2,1-2H3. The first-order valence-electron chi connectivity index (χ1n) is 5.82. The largest absolute Gasteiger partial charge is 0.497 e. The first kappa shape index (κ1) is 12.6. The molecule has 0 radical (unpaired) electrons. The van der Waals surface area contributed by atoms with E-state index in [0.29, 0.717) is 6.54 Å². The Kier molecular flexibility index (Phi) is 3.95. The third-order valence-corrected chi connectivity index (χ3v) is 2.82. The van der Waals surface area contributed by atoms with E-state index in [2.05, 4.69) is 5.32 Å². The Morgan fingerprint density at radius 1 is 1.17 bits per heavy atom. The molecule has 0 bridgehead atoms. The van der Waals surface area contributed by atoms with Crippen molar-refractivity contribution in [2.75, 3.05) is 14.2 Å². The normalized spacial score (nSPS) is 10.4. The van der Waals surface area contributed by atoms with E-state index in [1.54, 1.807) is 19.2 Å². The third kappa shape index (κ3) is 2.68. The van der Waals surface area contributed by atoms with Crippen LogP contribution in [0.2, 0.25) is 0 Å². The lowest BCUT2D eigenvalue weighted by Crippen LogP contribution is -2.06. The van der Waals surface area contributed by atoms with Crippen molar-refractivity contribution in [1.29, 1.82) is 0 Å². The van der Waals surface area contributed by atoms with Crippen LogP contribution in [0.4, 0.5) is 4.39 Å². The number of hydrogen-bond acceptors (Lipinski definition) is 2. The van der Waals surface area contributed by atoms with Gasteiger partial charge in [-0.15, -0.1) is 0 Å². The molecule has 2 rings (SSSR count). The van der Waals surface area contributed by atoms with Crippen molar-refractivity contribution >= 4 is 0 Å². The van der Waals surface area contributed by atoms with Gasteiger partial charge >= 0.3 is 0 Å². The molecule has 2 aromatic carbocycles. The Bertz CT molecular complexity index is 540. The van der Waals surface area contributed by atoms with E-state index in [4.69, 9.17) is 4.74 Å². The van der Waals surface area contributed by atoms with Crippen LogP contribution >= 0.6 is 0 Å². The number of nitrogens with one attached hydrogen (secondary N) is 1. The van der Waals surface area contributed by atoms with Gasteiger partial charge < -0.3 is 10.1 Å². The molecule has 18 heavy (non-hydrogen) atoms. The van der Waals surface area contributed by atoms with Gasteiger partial charge in [0.1, 0.15) is 11.6 Å². The lowest BCUT2D eigenvalue weighted by atomic mass is 9.99. The van der Waals surface area contributed by atoms with Crippen molar-refractivity contribution in [2.24, 2.45) is 0 Å². The van der Waals surface area contributed by atoms with Crippen molar-refractivity contribution in [3.8, 4) is 16.9 Å². The van der Waals surface area contributed by atoms with Crippen LogP contribution in [0.3, 0.4) is 0 Å². The van der Waals surface area contributed by atoms with Crippen LogP contribution in [0.1, 0.15) is 5.56 Å². The maximum Gasteiger partial charge on any atom is 0.123 e. The molecule has 0 amide bonds. The number of ether oxygens (including phenoxy) is 1. The quantitative estimate of drug-likeness (QED) is 0.893. The summed E-state index contributed by atoms with van der Waals surface area (Å²) in [5.74, 6) is 0.583. The van der Waals surface area contributed by atoms with E-state index < -0.39 is 0 Å². The Morgan fingerprint density at radius 2 is 2.00 bits per heavy atom. The average molecular weight is 245 g/mol. The van der Waals surface area contributed by atoms with E-state index in [0.717, 1.165) is 22.4 Å². The summed E-state index contributed by atoms with van der Waals surface area (Å²) in [5.41, 5.74) is 2.98. The number of hydrogen-bond donors (Lipinski definition) is 1. The van der Waals surface area contributed by atoms with Crippen LogP contribution in [-0.2, 0) is 6.54 Å². The van der Waals surface area contributed by atoms with Crippen molar-refractivity contribution < 1.29 is 9.13 Å². The first-order chi connectivity index (χ1) is 8.74. The van der Waals surface area contributed by atoms with Gasteiger partial charge in [0.15, 0.2) is 0 Å². The second-order valence-electron chi connectivity index (χ2n) is 4.06. The molecule has 0 saturated heterocycles. The Labute approximate surface area is 106 Å². The van der Waals surface area contributed by atoms with Gasteiger partial charge in [-0.2, -0.15) is 0 Å². The summed E-state index contributed by atoms with van der Waals surface area (Å²) in [6.45, 7) is 0.711. The van der Waals surface area contributed by atoms with Crippen molar-refractivity contribution in [3.63, 3.8) is 0 Å². The minimum absolute atomic E-state index is 0.223. The zero-order valence-electron chi connectivity index (χ0n) is 10.5. The van der Waals surface area contributed by atoms with Gasteiger partial charge in [-0.05, 0) is 48.0 Å². The smallest absolute Gasteiger partial charge is 0.123 e. The average Bonchev–Trinajstić information content (AvgIpc) is 2.39. The van der Waals surface area contributed by atoms with Gasteiger partial charge in [-0.25, -0.2) is 4.39 Å². The zero-order chi connectivity index (χ0) is 13.0. The minimum Gasteiger partial charge on any atom is -0.497 e. The van der Waals surface area contributed by atoms with E-state index in [-0.39, 0.29) is 5.82 Å². The van der Waals surface area contributed by atoms with Crippen LogP contribution < -0.4 is 10.1 Å². The molecule has 0 saturated carbocycles. The molecular formula is C15H16FNO. The van der Waals surface area contributed by atoms with Crippen molar-refractivity contribution in [1.82, 2.24) is 5.32 Å². The van der Waals surface area contributed by atoms with Crippen molar-refractivity contribution in [2.45, 2.75) is 6.54 Å². The highest BCUT2D eigenvalue weighted by Gasteiger charge is 2.07. The van der Waals surface area contributed by atoms with E-state index in [9.17, 15) is 4.39 Å². The van der Waals surface area contributed by atoms with Crippen molar-refractivity contribution in [3.05, 3.63) is 53.8 Å². The van der Waals surface area contributed by atoms with Gasteiger partial charge in [0, 0.05) is 6.54 Å². The maximum absolute atomic E-state index is 13.3. The predicted octanol–water partition coefficient (Wildman–Crippen LogP) is 3.22. The maximum atomic E-state index is 13.3. The summed E-state index contributed by atoms with van der Waals surface area (Å²) in [7, 11) is 3.52. The highest BCUT2D eigenvalue weighted by atomic mass is 19.1. The summed E-state index contributed by atoms with van der Waals surface area (Å²) >= 11 is 0. The fraction of sp³-hybridized carbons (Fsp3) is 0.200. The van der Waals surface area contributed by atoms with Gasteiger partial charge in [0.05, 0.1) is 7.11 Å². The fourth-order valence-corrected chi connectivity index (χ4v) is 1.97. The molecule has 0 heterocycles. The molecule has 0 unspecified atom stereocenters. The highest BCUT2D eigenvalue weighted by Crippen LogP contribution is 2.27. The lowest BCUT2D eigenvalue weighted by molar-refractivity contribution is 0.414. The molecular weight excluding hydrogens is 229 g/mol. The number of methoxy groups -OCH3 is 1. The molecule has 1 N–H and O–H groups in total. The Morgan fingerprint density at radius 3 is 2.67 bits per heavy atom. The lowest BCUT2D eigenvalue weighted by Gasteiger charge is -2.11. The molecule has 0 spiro atoms. The molecule has 0 atom stereocenters. The van der Waals surface area contributed by atoms with Crippen LogP contribution in [0.25, 0.3) is 11.1 Å². The number of benzene rings is 2. The van der Waals surface area contributed by atoms with E-state index in [1.165, 1.54) is 6.07 Å². The van der Waals surface area contributed by atoms with E-state index >= 15 is 0 Å². The molecule has 0 aliphatic carbocycles. The van der Waals surface area contributed by atoms with Crippen LogP contribution in [-0.4, -0.2) is 14.2 Å². The summed E-state index contributed by atoms with van der Waals surface area (Å²) in [6, 6.07) is 12.4. The molecule has 3 heteroatoms. The highest BCUT2D eigenvalue weighted by molar-refractivity contribution is 5.68. The topological polar surface area (TPSA) is 21.3 Å². The third-order valence-electron chi connectivity index (χ3n) is 2.82. The monoisotopic (exact) mass is 245 g/mol. The number of rotatable bonds is 4. The molecule has 2 aromatic rings. The summed E-state index contributed by atoms with van der Waals surface area (Å²) in [6.07, 6.45) is 0. The minimum atomic E-state index is -0.223. The SMILES string of the molecule is CNCc1cc(OC)ccc1-c1cccc(F)c1. The molecule has 94 valence electrons. The van der Waals surface area contributed by atoms with Gasteiger partial charge in [-0.1, -0.05) is 18.2 Å². The molecule has 0 aromatic heterocycles.